The first-order valence-electron chi connectivity index (χ1n) is 6.19. The molecule has 0 atom stereocenters. The van der Waals surface area contributed by atoms with Crippen molar-refractivity contribution in [2.45, 2.75) is 32.7 Å². The zero-order valence-corrected chi connectivity index (χ0v) is 12.9. The van der Waals surface area contributed by atoms with Crippen molar-refractivity contribution in [1.82, 2.24) is 9.55 Å². The van der Waals surface area contributed by atoms with Crippen LogP contribution in [-0.2, 0) is 12.0 Å². The van der Waals surface area contributed by atoms with Crippen molar-refractivity contribution < 1.29 is 0 Å². The molecule has 0 spiro atoms. The lowest BCUT2D eigenvalue weighted by Crippen LogP contribution is -2.27. The van der Waals surface area contributed by atoms with E-state index in [1.54, 1.807) is 10.9 Å². The van der Waals surface area contributed by atoms with Crippen LogP contribution in [0.2, 0.25) is 0 Å². The van der Waals surface area contributed by atoms with Gasteiger partial charge in [0.25, 0.3) is 5.56 Å². The van der Waals surface area contributed by atoms with Gasteiger partial charge in [0, 0.05) is 5.41 Å². The third-order valence-electron chi connectivity index (χ3n) is 2.89. The van der Waals surface area contributed by atoms with E-state index in [1.165, 1.54) is 0 Å². The second-order valence-corrected chi connectivity index (χ2v) is 6.37. The van der Waals surface area contributed by atoms with Gasteiger partial charge in [-0.05, 0) is 21.5 Å². The van der Waals surface area contributed by atoms with Crippen LogP contribution in [0.25, 0.3) is 0 Å². The Bertz CT molecular complexity index is 627. The van der Waals surface area contributed by atoms with Crippen molar-refractivity contribution in [3.8, 4) is 0 Å². The SMILES string of the molecule is CC(C)(C)c1ncn(Cc2ccccc2)c(=O)c1Br. The molecule has 3 nitrogen and oxygen atoms in total. The van der Waals surface area contributed by atoms with Crippen LogP contribution in [0.3, 0.4) is 0 Å². The Kier molecular flexibility index (Phi) is 3.90. The van der Waals surface area contributed by atoms with Crippen molar-refractivity contribution >= 4 is 15.9 Å². The van der Waals surface area contributed by atoms with Crippen molar-refractivity contribution in [1.29, 1.82) is 0 Å². The summed E-state index contributed by atoms with van der Waals surface area (Å²) >= 11 is 3.38. The Labute approximate surface area is 121 Å². The van der Waals surface area contributed by atoms with Crippen LogP contribution in [0.15, 0.2) is 45.9 Å². The lowest BCUT2D eigenvalue weighted by Gasteiger charge is -2.19. The fourth-order valence-electron chi connectivity index (χ4n) is 1.88. The summed E-state index contributed by atoms with van der Waals surface area (Å²) in [4.78, 5) is 16.7. The van der Waals surface area contributed by atoms with Crippen LogP contribution in [-0.4, -0.2) is 9.55 Å². The van der Waals surface area contributed by atoms with Crippen molar-refractivity contribution in [2.75, 3.05) is 0 Å². The van der Waals surface area contributed by atoms with Gasteiger partial charge in [-0.1, -0.05) is 51.1 Å². The number of hydrogen-bond donors (Lipinski definition) is 0. The Morgan fingerprint density at radius 1 is 1.21 bits per heavy atom. The average Bonchev–Trinajstić information content (AvgIpc) is 2.35. The first-order valence-corrected chi connectivity index (χ1v) is 6.98. The van der Waals surface area contributed by atoms with E-state index >= 15 is 0 Å². The first-order chi connectivity index (χ1) is 8.89. The fourth-order valence-corrected chi connectivity index (χ4v) is 2.80. The van der Waals surface area contributed by atoms with Crippen LogP contribution in [0.4, 0.5) is 0 Å². The molecule has 0 aliphatic carbocycles. The first kappa shape index (κ1) is 14.0. The fraction of sp³-hybridized carbons (Fsp3) is 0.333. The summed E-state index contributed by atoms with van der Waals surface area (Å²) in [5.41, 5.74) is 1.69. The van der Waals surface area contributed by atoms with Crippen molar-refractivity contribution in [2.24, 2.45) is 0 Å². The molecule has 0 aliphatic rings. The smallest absolute Gasteiger partial charge is 0.268 e. The van der Waals surface area contributed by atoms with Crippen LogP contribution < -0.4 is 5.56 Å². The monoisotopic (exact) mass is 320 g/mol. The lowest BCUT2D eigenvalue weighted by atomic mass is 9.92. The highest BCUT2D eigenvalue weighted by atomic mass is 79.9. The predicted molar refractivity (Wildman–Crippen MR) is 80.4 cm³/mol. The molecule has 2 aromatic rings. The molecule has 0 saturated carbocycles. The summed E-state index contributed by atoms with van der Waals surface area (Å²) in [6.07, 6.45) is 1.63. The minimum Gasteiger partial charge on any atom is -0.294 e. The van der Waals surface area contributed by atoms with Crippen molar-refractivity contribution in [3.05, 3.63) is 62.7 Å². The zero-order chi connectivity index (χ0) is 14.0. The van der Waals surface area contributed by atoms with Gasteiger partial charge in [0.1, 0.15) is 4.47 Å². The molecule has 4 heteroatoms. The van der Waals surface area contributed by atoms with E-state index in [0.29, 0.717) is 11.0 Å². The summed E-state index contributed by atoms with van der Waals surface area (Å²) in [5.74, 6) is 0. The van der Waals surface area contributed by atoms with E-state index in [2.05, 4.69) is 20.9 Å². The van der Waals surface area contributed by atoms with E-state index in [9.17, 15) is 4.79 Å². The van der Waals surface area contributed by atoms with E-state index in [-0.39, 0.29) is 11.0 Å². The second kappa shape index (κ2) is 5.29. The Morgan fingerprint density at radius 2 is 1.84 bits per heavy atom. The summed E-state index contributed by atoms with van der Waals surface area (Å²) < 4.78 is 2.17. The second-order valence-electron chi connectivity index (χ2n) is 5.58. The van der Waals surface area contributed by atoms with Gasteiger partial charge in [-0.2, -0.15) is 0 Å². The molecule has 0 radical (unpaired) electrons. The number of benzene rings is 1. The van der Waals surface area contributed by atoms with Gasteiger partial charge in [-0.3, -0.25) is 9.36 Å². The lowest BCUT2D eigenvalue weighted by molar-refractivity contribution is 0.552. The maximum atomic E-state index is 12.3. The van der Waals surface area contributed by atoms with E-state index < -0.39 is 0 Å². The predicted octanol–water partition coefficient (Wildman–Crippen LogP) is 3.35. The molecule has 0 saturated heterocycles. The quantitative estimate of drug-likeness (QED) is 0.850. The maximum Gasteiger partial charge on any atom is 0.268 e. The number of nitrogens with zero attached hydrogens (tertiary/aromatic N) is 2. The molecular weight excluding hydrogens is 304 g/mol. The highest BCUT2D eigenvalue weighted by Crippen LogP contribution is 2.24. The Balaban J connectivity index is 2.40. The van der Waals surface area contributed by atoms with Crippen LogP contribution in [0, 0.1) is 0 Å². The topological polar surface area (TPSA) is 34.9 Å². The third kappa shape index (κ3) is 3.13. The molecule has 0 bridgehead atoms. The molecule has 0 N–H and O–H groups in total. The molecule has 0 unspecified atom stereocenters. The van der Waals surface area contributed by atoms with Gasteiger partial charge in [-0.25, -0.2) is 4.98 Å². The van der Waals surface area contributed by atoms with Gasteiger partial charge in [0.15, 0.2) is 0 Å². The minimum atomic E-state index is -0.149. The number of aromatic nitrogens is 2. The van der Waals surface area contributed by atoms with E-state index in [1.807, 2.05) is 51.1 Å². The summed E-state index contributed by atoms with van der Waals surface area (Å²) in [5, 5.41) is 0. The number of hydrogen-bond acceptors (Lipinski definition) is 2. The van der Waals surface area contributed by atoms with E-state index in [0.717, 1.165) is 11.3 Å². The zero-order valence-electron chi connectivity index (χ0n) is 11.4. The van der Waals surface area contributed by atoms with Gasteiger partial charge in [0.2, 0.25) is 0 Å². The normalized spacial score (nSPS) is 11.6. The molecule has 1 aromatic heterocycles. The van der Waals surface area contributed by atoms with Crippen molar-refractivity contribution in [3.63, 3.8) is 0 Å². The van der Waals surface area contributed by atoms with Crippen LogP contribution >= 0.6 is 15.9 Å². The highest BCUT2D eigenvalue weighted by molar-refractivity contribution is 9.10. The van der Waals surface area contributed by atoms with Gasteiger partial charge in [0.05, 0.1) is 18.6 Å². The Hall–Kier alpha value is -1.42. The minimum absolute atomic E-state index is 0.0382. The molecule has 0 aliphatic heterocycles. The molecule has 1 heterocycles. The molecule has 2 rings (SSSR count). The summed E-state index contributed by atoms with van der Waals surface area (Å²) in [6, 6.07) is 9.89. The molecule has 100 valence electrons. The molecule has 0 fully saturated rings. The van der Waals surface area contributed by atoms with Gasteiger partial charge < -0.3 is 0 Å². The molecule has 1 aromatic carbocycles. The van der Waals surface area contributed by atoms with Gasteiger partial charge >= 0.3 is 0 Å². The van der Waals surface area contributed by atoms with E-state index in [4.69, 9.17) is 0 Å². The van der Waals surface area contributed by atoms with Crippen LogP contribution in [0.5, 0.6) is 0 Å². The standard InChI is InChI=1S/C15H17BrN2O/c1-15(2,3)13-12(16)14(19)18(10-17-13)9-11-7-5-4-6-8-11/h4-8,10H,9H2,1-3H3. The molecule has 19 heavy (non-hydrogen) atoms. The van der Waals surface area contributed by atoms with Crippen LogP contribution in [0.1, 0.15) is 32.0 Å². The number of rotatable bonds is 2. The maximum absolute atomic E-state index is 12.3. The average molecular weight is 321 g/mol. The third-order valence-corrected chi connectivity index (χ3v) is 3.60. The molecular formula is C15H17BrN2O. The summed E-state index contributed by atoms with van der Waals surface area (Å²) in [6.45, 7) is 6.67. The summed E-state index contributed by atoms with van der Waals surface area (Å²) in [7, 11) is 0. The Morgan fingerprint density at radius 3 is 2.42 bits per heavy atom. The van der Waals surface area contributed by atoms with Gasteiger partial charge in [-0.15, -0.1) is 0 Å². The number of halogens is 1. The highest BCUT2D eigenvalue weighted by Gasteiger charge is 2.21. The largest absolute Gasteiger partial charge is 0.294 e. The molecule has 0 amide bonds.